The van der Waals surface area contributed by atoms with Crippen molar-refractivity contribution in [1.82, 2.24) is 5.48 Å². The molecule has 0 aromatic heterocycles. The van der Waals surface area contributed by atoms with Gasteiger partial charge >= 0.3 is 0 Å². The maximum atomic E-state index is 11.3. The minimum Gasteiger partial charge on any atom is -0.327 e. The van der Waals surface area contributed by atoms with Gasteiger partial charge in [0, 0.05) is 12.5 Å². The number of amides is 1. The van der Waals surface area contributed by atoms with Gasteiger partial charge in [0.25, 0.3) is 0 Å². The lowest BCUT2D eigenvalue weighted by atomic mass is 10.1. The first-order valence-electron chi connectivity index (χ1n) is 5.07. The van der Waals surface area contributed by atoms with Gasteiger partial charge in [-0.25, -0.2) is 5.48 Å². The van der Waals surface area contributed by atoms with E-state index in [1.807, 2.05) is 27.7 Å². The van der Waals surface area contributed by atoms with Crippen LogP contribution in [0.1, 0.15) is 47.0 Å². The van der Waals surface area contributed by atoms with Crippen LogP contribution in [0.2, 0.25) is 0 Å². The summed E-state index contributed by atoms with van der Waals surface area (Å²) >= 11 is 0. The molecule has 14 heavy (non-hydrogen) atoms. The van der Waals surface area contributed by atoms with Gasteiger partial charge in [-0.2, -0.15) is 0 Å². The van der Waals surface area contributed by atoms with Crippen LogP contribution < -0.4 is 11.2 Å². The van der Waals surface area contributed by atoms with Crippen molar-refractivity contribution >= 4 is 5.91 Å². The Morgan fingerprint density at radius 2 is 2.07 bits per heavy atom. The summed E-state index contributed by atoms with van der Waals surface area (Å²) in [5.74, 6) is -0.152. The fraction of sp³-hybridized carbons (Fsp3) is 0.900. The molecule has 0 saturated carbocycles. The van der Waals surface area contributed by atoms with Crippen molar-refractivity contribution in [3.63, 3.8) is 0 Å². The van der Waals surface area contributed by atoms with Crippen molar-refractivity contribution in [2.24, 2.45) is 5.73 Å². The van der Waals surface area contributed by atoms with Crippen LogP contribution in [0.25, 0.3) is 0 Å². The van der Waals surface area contributed by atoms with Crippen molar-refractivity contribution in [3.8, 4) is 0 Å². The minimum absolute atomic E-state index is 0.0661. The molecule has 0 bridgehead atoms. The van der Waals surface area contributed by atoms with Crippen LogP contribution in [-0.4, -0.2) is 17.6 Å². The highest BCUT2D eigenvalue weighted by Crippen LogP contribution is 2.04. The van der Waals surface area contributed by atoms with Crippen LogP contribution in [0.4, 0.5) is 0 Å². The van der Waals surface area contributed by atoms with E-state index in [4.69, 9.17) is 10.6 Å². The summed E-state index contributed by atoms with van der Waals surface area (Å²) in [6, 6.07) is -0.0661. The summed E-state index contributed by atoms with van der Waals surface area (Å²) in [4.78, 5) is 16.4. The van der Waals surface area contributed by atoms with Gasteiger partial charge in [-0.15, -0.1) is 0 Å². The second kappa shape index (κ2) is 5.98. The molecule has 0 saturated heterocycles. The smallest absolute Gasteiger partial charge is 0.245 e. The van der Waals surface area contributed by atoms with E-state index in [1.54, 1.807) is 0 Å². The number of carbonyl (C=O) groups excluding carboxylic acids is 1. The fourth-order valence-corrected chi connectivity index (χ4v) is 0.963. The Balaban J connectivity index is 3.65. The number of hydroxylamine groups is 1. The maximum Gasteiger partial charge on any atom is 0.245 e. The fourth-order valence-electron chi connectivity index (χ4n) is 0.963. The lowest BCUT2D eigenvalue weighted by Gasteiger charge is -2.19. The maximum absolute atomic E-state index is 11.3. The molecule has 0 rings (SSSR count). The molecule has 0 aliphatic heterocycles. The standard InChI is InChI=1S/C10H22N2O2/c1-5-6-8(11)7-9(13)12-14-10(2,3)4/h8H,5-7,11H2,1-4H3,(H,12,13). The molecule has 3 N–H and O–H groups in total. The molecule has 84 valence electrons. The third-order valence-electron chi connectivity index (χ3n) is 1.58. The zero-order valence-corrected chi connectivity index (χ0v) is 9.59. The molecule has 4 nitrogen and oxygen atoms in total. The van der Waals surface area contributed by atoms with E-state index in [-0.39, 0.29) is 17.6 Å². The first-order chi connectivity index (χ1) is 6.35. The van der Waals surface area contributed by atoms with Crippen LogP contribution in [0.5, 0.6) is 0 Å². The average molecular weight is 202 g/mol. The Labute approximate surface area is 86.1 Å². The lowest BCUT2D eigenvalue weighted by molar-refractivity contribution is -0.145. The van der Waals surface area contributed by atoms with Gasteiger partial charge in [0.05, 0.1) is 5.60 Å². The van der Waals surface area contributed by atoms with Gasteiger partial charge in [0.2, 0.25) is 5.91 Å². The predicted molar refractivity (Wildman–Crippen MR) is 56.5 cm³/mol. The second-order valence-corrected chi connectivity index (χ2v) is 4.49. The van der Waals surface area contributed by atoms with E-state index in [0.717, 1.165) is 12.8 Å². The second-order valence-electron chi connectivity index (χ2n) is 4.49. The molecule has 4 heteroatoms. The Hall–Kier alpha value is -0.610. The van der Waals surface area contributed by atoms with E-state index in [1.165, 1.54) is 0 Å². The average Bonchev–Trinajstić information content (AvgIpc) is 2.00. The zero-order valence-electron chi connectivity index (χ0n) is 9.59. The minimum atomic E-state index is -0.357. The Bertz CT molecular complexity index is 175. The largest absolute Gasteiger partial charge is 0.327 e. The molecular weight excluding hydrogens is 180 g/mol. The lowest BCUT2D eigenvalue weighted by Crippen LogP contribution is -2.36. The van der Waals surface area contributed by atoms with E-state index in [2.05, 4.69) is 5.48 Å². The van der Waals surface area contributed by atoms with Gasteiger partial charge < -0.3 is 5.73 Å². The van der Waals surface area contributed by atoms with Crippen molar-refractivity contribution in [1.29, 1.82) is 0 Å². The molecule has 1 amide bonds. The molecule has 0 radical (unpaired) electrons. The van der Waals surface area contributed by atoms with Crippen molar-refractivity contribution in [2.45, 2.75) is 58.6 Å². The van der Waals surface area contributed by atoms with Crippen LogP contribution in [0.15, 0.2) is 0 Å². The third kappa shape index (κ3) is 8.01. The SMILES string of the molecule is CCCC(N)CC(=O)NOC(C)(C)C. The summed E-state index contributed by atoms with van der Waals surface area (Å²) in [6.45, 7) is 7.67. The van der Waals surface area contributed by atoms with E-state index >= 15 is 0 Å². The van der Waals surface area contributed by atoms with Gasteiger partial charge in [0.1, 0.15) is 0 Å². The number of hydrogen-bond donors (Lipinski definition) is 2. The summed E-state index contributed by atoms with van der Waals surface area (Å²) < 4.78 is 0. The number of nitrogens with one attached hydrogen (secondary N) is 1. The molecule has 1 unspecified atom stereocenters. The van der Waals surface area contributed by atoms with Crippen molar-refractivity contribution in [2.75, 3.05) is 0 Å². The summed E-state index contributed by atoms with van der Waals surface area (Å²) in [5, 5.41) is 0. The normalized spacial score (nSPS) is 13.8. The highest BCUT2D eigenvalue weighted by Gasteiger charge is 2.14. The van der Waals surface area contributed by atoms with E-state index < -0.39 is 0 Å². The zero-order chi connectivity index (χ0) is 11.2. The Morgan fingerprint density at radius 3 is 2.50 bits per heavy atom. The number of rotatable bonds is 5. The summed E-state index contributed by atoms with van der Waals surface area (Å²) in [6.07, 6.45) is 2.18. The topological polar surface area (TPSA) is 64.4 Å². The first kappa shape index (κ1) is 13.4. The molecular formula is C10H22N2O2. The van der Waals surface area contributed by atoms with Gasteiger partial charge in [-0.3, -0.25) is 9.63 Å². The van der Waals surface area contributed by atoms with Gasteiger partial charge in [-0.05, 0) is 27.2 Å². The van der Waals surface area contributed by atoms with Crippen molar-refractivity contribution < 1.29 is 9.63 Å². The quantitative estimate of drug-likeness (QED) is 0.661. The number of hydrogen-bond acceptors (Lipinski definition) is 3. The predicted octanol–water partition coefficient (Wildman–Crippen LogP) is 1.35. The van der Waals surface area contributed by atoms with Crippen LogP contribution in [0, 0.1) is 0 Å². The molecule has 0 fully saturated rings. The van der Waals surface area contributed by atoms with Crippen LogP contribution in [0.3, 0.4) is 0 Å². The molecule has 0 aromatic carbocycles. The van der Waals surface area contributed by atoms with E-state index in [9.17, 15) is 4.79 Å². The molecule has 0 aliphatic carbocycles. The number of carbonyl (C=O) groups is 1. The molecule has 0 spiro atoms. The highest BCUT2D eigenvalue weighted by molar-refractivity contribution is 5.75. The van der Waals surface area contributed by atoms with Crippen molar-refractivity contribution in [3.05, 3.63) is 0 Å². The molecule has 1 atom stereocenters. The Kier molecular flexibility index (Phi) is 5.72. The molecule has 0 aliphatic rings. The summed E-state index contributed by atoms with van der Waals surface area (Å²) in [5.41, 5.74) is 7.74. The first-order valence-corrected chi connectivity index (χ1v) is 5.07. The Morgan fingerprint density at radius 1 is 1.50 bits per heavy atom. The summed E-state index contributed by atoms with van der Waals surface area (Å²) in [7, 11) is 0. The monoisotopic (exact) mass is 202 g/mol. The van der Waals surface area contributed by atoms with Crippen LogP contribution in [-0.2, 0) is 9.63 Å². The molecule has 0 aromatic rings. The van der Waals surface area contributed by atoms with Gasteiger partial charge in [0.15, 0.2) is 0 Å². The molecule has 0 heterocycles. The van der Waals surface area contributed by atoms with Crippen LogP contribution >= 0.6 is 0 Å². The highest BCUT2D eigenvalue weighted by atomic mass is 16.7. The third-order valence-corrected chi connectivity index (χ3v) is 1.58. The van der Waals surface area contributed by atoms with Gasteiger partial charge in [-0.1, -0.05) is 13.3 Å². The number of nitrogens with two attached hydrogens (primary N) is 1. The van der Waals surface area contributed by atoms with E-state index in [0.29, 0.717) is 6.42 Å².